The van der Waals surface area contributed by atoms with Crippen LogP contribution in [-0.2, 0) is 12.7 Å². The Morgan fingerprint density at radius 3 is 2.71 bits per heavy atom. The van der Waals surface area contributed by atoms with Crippen molar-refractivity contribution >= 4 is 0 Å². The zero-order chi connectivity index (χ0) is 12.5. The molecule has 0 aliphatic carbocycles. The van der Waals surface area contributed by atoms with Crippen LogP contribution >= 0.6 is 0 Å². The highest BCUT2D eigenvalue weighted by molar-refractivity contribution is 5.28. The minimum Gasteiger partial charge on any atom is -0.326 e. The zero-order valence-electron chi connectivity index (χ0n) is 8.65. The van der Waals surface area contributed by atoms with Crippen LogP contribution in [0.25, 0.3) is 5.82 Å². The highest BCUT2D eigenvalue weighted by Gasteiger charge is 2.32. The van der Waals surface area contributed by atoms with Gasteiger partial charge in [0.15, 0.2) is 5.82 Å². The molecule has 2 aromatic heterocycles. The molecule has 2 heterocycles. The molecule has 0 bridgehead atoms. The van der Waals surface area contributed by atoms with Crippen LogP contribution < -0.4 is 5.73 Å². The van der Waals surface area contributed by atoms with Gasteiger partial charge in [-0.1, -0.05) is 0 Å². The maximum atomic E-state index is 12.4. The molecule has 0 aliphatic rings. The van der Waals surface area contributed by atoms with Crippen molar-refractivity contribution in [1.82, 2.24) is 14.8 Å². The monoisotopic (exact) mass is 242 g/mol. The Balaban J connectivity index is 2.37. The molecule has 17 heavy (non-hydrogen) atoms. The SMILES string of the molecule is NCc1ccnc(-n2cc(C(F)(F)F)cn2)c1. The molecule has 0 radical (unpaired) electrons. The number of hydrogen-bond donors (Lipinski definition) is 1. The van der Waals surface area contributed by atoms with E-state index in [0.29, 0.717) is 12.4 Å². The molecule has 0 spiro atoms. The van der Waals surface area contributed by atoms with Crippen LogP contribution in [0.15, 0.2) is 30.7 Å². The minimum absolute atomic E-state index is 0.295. The molecule has 0 aromatic carbocycles. The molecule has 0 fully saturated rings. The fourth-order valence-electron chi connectivity index (χ4n) is 1.31. The lowest BCUT2D eigenvalue weighted by Gasteiger charge is -2.03. The first-order chi connectivity index (χ1) is 8.00. The summed E-state index contributed by atoms with van der Waals surface area (Å²) < 4.78 is 38.2. The molecule has 0 unspecified atom stereocenters. The lowest BCUT2D eigenvalue weighted by molar-refractivity contribution is -0.137. The van der Waals surface area contributed by atoms with Crippen LogP contribution in [0, 0.1) is 0 Å². The molecule has 2 aromatic rings. The summed E-state index contributed by atoms with van der Waals surface area (Å²) in [6, 6.07) is 3.28. The molecule has 90 valence electrons. The average molecular weight is 242 g/mol. The number of nitrogens with zero attached hydrogens (tertiary/aromatic N) is 3. The molecule has 7 heteroatoms. The van der Waals surface area contributed by atoms with E-state index in [1.165, 1.54) is 6.20 Å². The van der Waals surface area contributed by atoms with E-state index in [0.717, 1.165) is 22.6 Å². The number of pyridine rings is 1. The maximum absolute atomic E-state index is 12.4. The van der Waals surface area contributed by atoms with Gasteiger partial charge in [0.1, 0.15) is 0 Å². The summed E-state index contributed by atoms with van der Waals surface area (Å²) in [5.74, 6) is 0.309. The van der Waals surface area contributed by atoms with E-state index in [1.807, 2.05) is 0 Å². The lowest BCUT2D eigenvalue weighted by atomic mass is 10.2. The zero-order valence-corrected chi connectivity index (χ0v) is 8.65. The standard InChI is InChI=1S/C10H9F3N4/c11-10(12,13)8-5-16-17(6-8)9-3-7(4-14)1-2-15-9/h1-3,5-6H,4,14H2. The van der Waals surface area contributed by atoms with Gasteiger partial charge < -0.3 is 5.73 Å². The van der Waals surface area contributed by atoms with E-state index in [2.05, 4.69) is 10.1 Å². The van der Waals surface area contributed by atoms with Gasteiger partial charge in [-0.05, 0) is 17.7 Å². The van der Waals surface area contributed by atoms with E-state index in [9.17, 15) is 13.2 Å². The van der Waals surface area contributed by atoms with E-state index >= 15 is 0 Å². The molecule has 0 atom stereocenters. The fourth-order valence-corrected chi connectivity index (χ4v) is 1.31. The number of hydrogen-bond acceptors (Lipinski definition) is 3. The second-order valence-corrected chi connectivity index (χ2v) is 3.40. The first-order valence-electron chi connectivity index (χ1n) is 4.78. The number of halogens is 3. The van der Waals surface area contributed by atoms with E-state index < -0.39 is 11.7 Å². The van der Waals surface area contributed by atoms with Crippen LogP contribution in [0.3, 0.4) is 0 Å². The van der Waals surface area contributed by atoms with Crippen LogP contribution in [0.1, 0.15) is 11.1 Å². The van der Waals surface area contributed by atoms with Gasteiger partial charge in [0.25, 0.3) is 0 Å². The van der Waals surface area contributed by atoms with Crippen molar-refractivity contribution in [1.29, 1.82) is 0 Å². The molecule has 2 N–H and O–H groups in total. The van der Waals surface area contributed by atoms with Gasteiger partial charge in [-0.15, -0.1) is 0 Å². The average Bonchev–Trinajstić information content (AvgIpc) is 2.78. The van der Waals surface area contributed by atoms with Gasteiger partial charge in [-0.25, -0.2) is 9.67 Å². The Morgan fingerprint density at radius 2 is 2.12 bits per heavy atom. The van der Waals surface area contributed by atoms with Crippen molar-refractivity contribution in [2.45, 2.75) is 12.7 Å². The predicted molar refractivity (Wildman–Crippen MR) is 54.3 cm³/mol. The van der Waals surface area contributed by atoms with Gasteiger partial charge in [-0.3, -0.25) is 0 Å². The summed E-state index contributed by atoms with van der Waals surface area (Å²) in [6.07, 6.45) is -1.27. The second kappa shape index (κ2) is 4.17. The first-order valence-corrected chi connectivity index (χ1v) is 4.78. The van der Waals surface area contributed by atoms with Gasteiger partial charge in [0, 0.05) is 18.9 Å². The van der Waals surface area contributed by atoms with E-state index in [-0.39, 0.29) is 0 Å². The summed E-state index contributed by atoms with van der Waals surface area (Å²) in [7, 11) is 0. The summed E-state index contributed by atoms with van der Waals surface area (Å²) in [5.41, 5.74) is 5.40. The minimum atomic E-state index is -4.40. The molecule has 0 saturated carbocycles. The molecular formula is C10H9F3N4. The molecule has 2 rings (SSSR count). The summed E-state index contributed by atoms with van der Waals surface area (Å²) in [6.45, 7) is 0.295. The fraction of sp³-hybridized carbons (Fsp3) is 0.200. The van der Waals surface area contributed by atoms with Gasteiger partial charge in [0.05, 0.1) is 11.8 Å². The molecule has 4 nitrogen and oxygen atoms in total. The Bertz CT molecular complexity index is 518. The molecular weight excluding hydrogens is 233 g/mol. The van der Waals surface area contributed by atoms with Gasteiger partial charge in [-0.2, -0.15) is 18.3 Å². The van der Waals surface area contributed by atoms with Crippen molar-refractivity contribution in [2.24, 2.45) is 5.73 Å². The van der Waals surface area contributed by atoms with Gasteiger partial charge in [0.2, 0.25) is 0 Å². The van der Waals surface area contributed by atoms with Crippen molar-refractivity contribution in [3.8, 4) is 5.82 Å². The Morgan fingerprint density at radius 1 is 1.35 bits per heavy atom. The Kier molecular flexibility index (Phi) is 2.84. The topological polar surface area (TPSA) is 56.7 Å². The molecule has 0 saturated heterocycles. The normalized spacial score (nSPS) is 11.8. The summed E-state index contributed by atoms with van der Waals surface area (Å²) in [4.78, 5) is 3.93. The Hall–Kier alpha value is -1.89. The van der Waals surface area contributed by atoms with Crippen molar-refractivity contribution in [3.63, 3.8) is 0 Å². The predicted octanol–water partition coefficient (Wildman–Crippen LogP) is 1.74. The quantitative estimate of drug-likeness (QED) is 0.872. The van der Waals surface area contributed by atoms with Crippen molar-refractivity contribution in [3.05, 3.63) is 41.9 Å². The molecule has 0 amide bonds. The second-order valence-electron chi connectivity index (χ2n) is 3.40. The van der Waals surface area contributed by atoms with E-state index in [4.69, 9.17) is 5.73 Å². The van der Waals surface area contributed by atoms with Gasteiger partial charge >= 0.3 is 6.18 Å². The number of nitrogens with two attached hydrogens (primary N) is 1. The molecule has 0 aliphatic heterocycles. The third-order valence-corrected chi connectivity index (χ3v) is 2.19. The smallest absolute Gasteiger partial charge is 0.326 e. The third-order valence-electron chi connectivity index (χ3n) is 2.19. The van der Waals surface area contributed by atoms with Crippen LogP contribution in [-0.4, -0.2) is 14.8 Å². The number of rotatable bonds is 2. The number of aromatic nitrogens is 3. The largest absolute Gasteiger partial charge is 0.419 e. The number of alkyl halides is 3. The lowest BCUT2D eigenvalue weighted by Crippen LogP contribution is -2.04. The Labute approximate surface area is 94.9 Å². The highest BCUT2D eigenvalue weighted by Crippen LogP contribution is 2.28. The third kappa shape index (κ3) is 2.44. The summed E-state index contributed by atoms with van der Waals surface area (Å²) >= 11 is 0. The van der Waals surface area contributed by atoms with E-state index in [1.54, 1.807) is 12.1 Å². The van der Waals surface area contributed by atoms with Crippen LogP contribution in [0.5, 0.6) is 0 Å². The van der Waals surface area contributed by atoms with Crippen LogP contribution in [0.4, 0.5) is 13.2 Å². The van der Waals surface area contributed by atoms with Crippen molar-refractivity contribution < 1.29 is 13.2 Å². The summed E-state index contributed by atoms with van der Waals surface area (Å²) in [5, 5.41) is 3.62. The van der Waals surface area contributed by atoms with Crippen LogP contribution in [0.2, 0.25) is 0 Å². The van der Waals surface area contributed by atoms with Crippen molar-refractivity contribution in [2.75, 3.05) is 0 Å². The first kappa shape index (κ1) is 11.6. The maximum Gasteiger partial charge on any atom is 0.419 e. The highest BCUT2D eigenvalue weighted by atomic mass is 19.4.